The molecule has 21 heavy (non-hydrogen) atoms. The number of aliphatic hydroxyl groups is 2. The second kappa shape index (κ2) is 4.36. The normalized spacial score (nSPS) is 32.4. The summed E-state index contributed by atoms with van der Waals surface area (Å²) in [4.78, 5) is 3.79. The molecule has 1 aliphatic rings. The van der Waals surface area contributed by atoms with Crippen molar-refractivity contribution in [1.29, 1.82) is 5.26 Å². The zero-order valence-corrected chi connectivity index (χ0v) is 10.8. The molecule has 0 aliphatic carbocycles. The van der Waals surface area contributed by atoms with Crippen molar-refractivity contribution >= 4 is 11.3 Å². The Morgan fingerprint density at radius 2 is 2.38 bits per heavy atom. The molecule has 3 rings (SSSR count). The summed E-state index contributed by atoms with van der Waals surface area (Å²) in [5.41, 5.74) is 1.62. The largest absolute Gasteiger partial charge is 0.392 e. The van der Waals surface area contributed by atoms with Crippen LogP contribution >= 0.6 is 0 Å². The highest BCUT2D eigenvalue weighted by Crippen LogP contribution is 2.43. The van der Waals surface area contributed by atoms with Gasteiger partial charge in [0.2, 0.25) is 11.3 Å². The Morgan fingerprint density at radius 1 is 1.62 bits per heavy atom. The molecule has 0 aromatic carbocycles. The van der Waals surface area contributed by atoms with Crippen molar-refractivity contribution in [1.82, 2.24) is 14.6 Å². The van der Waals surface area contributed by atoms with E-state index >= 15 is 4.39 Å². The summed E-state index contributed by atoms with van der Waals surface area (Å²) in [7, 11) is 0. The maximum Gasteiger partial charge on any atom is 0.206 e. The number of hydrogen-bond acceptors (Lipinski definition) is 7. The van der Waals surface area contributed by atoms with E-state index in [0.29, 0.717) is 5.52 Å². The number of hydrogen-bond donors (Lipinski definition) is 3. The van der Waals surface area contributed by atoms with Gasteiger partial charge in [0.05, 0.1) is 18.9 Å². The SMILES string of the molecule is N#C[C@]1(CO)OC[C@](F)(c2ccc3c(N)ncnn23)[C@@H]1O. The lowest BCUT2D eigenvalue weighted by atomic mass is 9.88. The van der Waals surface area contributed by atoms with Gasteiger partial charge in [-0.3, -0.25) is 0 Å². The Hall–Kier alpha value is -2.28. The predicted octanol–water partition coefficient (Wildman–Crippen LogP) is -0.878. The van der Waals surface area contributed by atoms with Crippen LogP contribution in [0.25, 0.3) is 5.52 Å². The number of aromatic nitrogens is 3. The van der Waals surface area contributed by atoms with E-state index in [2.05, 4.69) is 10.1 Å². The van der Waals surface area contributed by atoms with Gasteiger partial charge in [-0.25, -0.2) is 13.9 Å². The molecule has 2 aromatic heterocycles. The van der Waals surface area contributed by atoms with Crippen molar-refractivity contribution in [2.75, 3.05) is 18.9 Å². The van der Waals surface area contributed by atoms with Gasteiger partial charge >= 0.3 is 0 Å². The third-order valence-corrected chi connectivity index (χ3v) is 3.75. The molecule has 3 heterocycles. The van der Waals surface area contributed by atoms with Gasteiger partial charge in [0.15, 0.2) is 5.82 Å². The van der Waals surface area contributed by atoms with Gasteiger partial charge in [-0.2, -0.15) is 10.4 Å². The number of anilines is 1. The quantitative estimate of drug-likeness (QED) is 0.655. The first-order valence-electron chi connectivity index (χ1n) is 6.10. The fraction of sp³-hybridized carbons (Fsp3) is 0.417. The van der Waals surface area contributed by atoms with E-state index in [1.54, 1.807) is 6.07 Å². The molecular formula is C12H12FN5O3. The first-order chi connectivity index (χ1) is 9.98. The van der Waals surface area contributed by atoms with Crippen molar-refractivity contribution in [3.05, 3.63) is 24.2 Å². The van der Waals surface area contributed by atoms with Crippen molar-refractivity contribution in [3.63, 3.8) is 0 Å². The molecule has 2 aromatic rings. The smallest absolute Gasteiger partial charge is 0.206 e. The summed E-state index contributed by atoms with van der Waals surface area (Å²) < 4.78 is 21.5. The van der Waals surface area contributed by atoms with Gasteiger partial charge in [0.1, 0.15) is 24.0 Å². The number of alkyl halides is 1. The standard InChI is InChI=1S/C12H12FN5O3/c13-12(5-21-11(3-14,4-19)10(12)20)8-2-1-7-9(15)16-6-17-18(7)8/h1-2,6,10,19-20H,4-5H2,(H2,15,16,17)/t10-,11-,12+/m1/s1. The Kier molecular flexibility index (Phi) is 2.84. The van der Waals surface area contributed by atoms with E-state index in [0.717, 1.165) is 6.33 Å². The zero-order chi connectivity index (χ0) is 15.3. The van der Waals surface area contributed by atoms with Crippen LogP contribution in [0.3, 0.4) is 0 Å². The lowest BCUT2D eigenvalue weighted by Gasteiger charge is -2.26. The number of nitrogen functional groups attached to an aromatic ring is 1. The number of halogens is 1. The Balaban J connectivity index is 2.15. The number of fused-ring (bicyclic) bond motifs is 1. The van der Waals surface area contributed by atoms with Crippen LogP contribution in [0.1, 0.15) is 5.69 Å². The highest BCUT2D eigenvalue weighted by molar-refractivity contribution is 5.65. The zero-order valence-electron chi connectivity index (χ0n) is 10.8. The van der Waals surface area contributed by atoms with E-state index in [9.17, 15) is 10.2 Å². The van der Waals surface area contributed by atoms with Crippen LogP contribution in [-0.2, 0) is 10.4 Å². The first kappa shape index (κ1) is 13.7. The molecule has 0 saturated carbocycles. The Bertz CT molecular complexity index is 744. The van der Waals surface area contributed by atoms with Crippen molar-refractivity contribution in [2.24, 2.45) is 0 Å². The van der Waals surface area contributed by atoms with Gasteiger partial charge in [-0.05, 0) is 12.1 Å². The van der Waals surface area contributed by atoms with Crippen LogP contribution in [0.5, 0.6) is 0 Å². The maximum absolute atomic E-state index is 15.2. The molecule has 9 heteroatoms. The van der Waals surface area contributed by atoms with Crippen LogP contribution in [0.4, 0.5) is 10.2 Å². The van der Waals surface area contributed by atoms with Gasteiger partial charge in [0, 0.05) is 0 Å². The van der Waals surface area contributed by atoms with Gasteiger partial charge in [-0.15, -0.1) is 0 Å². The summed E-state index contributed by atoms with van der Waals surface area (Å²) in [6.07, 6.45) is -0.713. The van der Waals surface area contributed by atoms with Gasteiger partial charge in [-0.1, -0.05) is 0 Å². The maximum atomic E-state index is 15.2. The molecule has 1 aliphatic heterocycles. The summed E-state index contributed by atoms with van der Waals surface area (Å²) in [6, 6.07) is 4.52. The number of nitrogens with two attached hydrogens (primary N) is 1. The average molecular weight is 293 g/mol. The minimum atomic E-state index is -2.40. The van der Waals surface area contributed by atoms with Crippen molar-refractivity contribution in [3.8, 4) is 6.07 Å². The highest BCUT2D eigenvalue weighted by atomic mass is 19.1. The number of nitrogens with zero attached hydrogens (tertiary/aromatic N) is 4. The fourth-order valence-corrected chi connectivity index (χ4v) is 2.50. The fourth-order valence-electron chi connectivity index (χ4n) is 2.50. The van der Waals surface area contributed by atoms with Crippen molar-refractivity contribution in [2.45, 2.75) is 17.4 Å². The van der Waals surface area contributed by atoms with Gasteiger partial charge in [0.25, 0.3) is 0 Å². The molecule has 110 valence electrons. The molecular weight excluding hydrogens is 281 g/mol. The highest BCUT2D eigenvalue weighted by Gasteiger charge is 2.61. The Morgan fingerprint density at radius 3 is 3.00 bits per heavy atom. The van der Waals surface area contributed by atoms with E-state index < -0.39 is 30.6 Å². The number of nitriles is 1. The monoisotopic (exact) mass is 293 g/mol. The third-order valence-electron chi connectivity index (χ3n) is 3.75. The van der Waals surface area contributed by atoms with E-state index in [1.807, 2.05) is 0 Å². The Labute approximate surface area is 118 Å². The van der Waals surface area contributed by atoms with Crippen LogP contribution in [0.2, 0.25) is 0 Å². The van der Waals surface area contributed by atoms with Crippen LogP contribution in [0.15, 0.2) is 18.5 Å². The van der Waals surface area contributed by atoms with Crippen molar-refractivity contribution < 1.29 is 19.3 Å². The molecule has 0 bridgehead atoms. The lowest BCUT2D eigenvalue weighted by molar-refractivity contribution is -0.0610. The lowest BCUT2D eigenvalue weighted by Crippen LogP contribution is -2.48. The molecule has 1 saturated heterocycles. The molecule has 4 N–H and O–H groups in total. The summed E-state index contributed by atoms with van der Waals surface area (Å²) >= 11 is 0. The average Bonchev–Trinajstić information content (AvgIpc) is 3.03. The van der Waals surface area contributed by atoms with Gasteiger partial charge < -0.3 is 20.7 Å². The minimum absolute atomic E-state index is 0.0234. The molecule has 0 unspecified atom stereocenters. The van der Waals surface area contributed by atoms with E-state index in [-0.39, 0.29) is 11.5 Å². The molecule has 0 amide bonds. The molecule has 0 radical (unpaired) electrons. The van der Waals surface area contributed by atoms with Crippen LogP contribution in [-0.4, -0.2) is 49.7 Å². The summed E-state index contributed by atoms with van der Waals surface area (Å²) in [6.45, 7) is -1.41. The topological polar surface area (TPSA) is 130 Å². The molecule has 1 fully saturated rings. The summed E-state index contributed by atoms with van der Waals surface area (Å²) in [5, 5.41) is 32.4. The second-order valence-electron chi connectivity index (χ2n) is 4.87. The number of aliphatic hydroxyl groups excluding tert-OH is 2. The third kappa shape index (κ3) is 1.64. The minimum Gasteiger partial charge on any atom is -0.392 e. The molecule has 0 spiro atoms. The van der Waals surface area contributed by atoms with Crippen LogP contribution in [0, 0.1) is 11.3 Å². The summed E-state index contributed by atoms with van der Waals surface area (Å²) in [5.74, 6) is 0.155. The molecule has 3 atom stereocenters. The van der Waals surface area contributed by atoms with Crippen LogP contribution < -0.4 is 5.73 Å². The second-order valence-corrected chi connectivity index (χ2v) is 4.87. The molecule has 8 nitrogen and oxygen atoms in total. The number of rotatable bonds is 2. The predicted molar refractivity (Wildman–Crippen MR) is 67.6 cm³/mol. The van der Waals surface area contributed by atoms with E-state index in [1.165, 1.54) is 16.6 Å². The first-order valence-corrected chi connectivity index (χ1v) is 6.10. The van der Waals surface area contributed by atoms with E-state index in [4.69, 9.17) is 15.7 Å². The number of ether oxygens (including phenoxy) is 1.